The smallest absolute Gasteiger partial charge is 0.410 e. The number of nitrogens with zero attached hydrogens (tertiary/aromatic N) is 1. The van der Waals surface area contributed by atoms with Crippen LogP contribution in [-0.4, -0.2) is 17.1 Å². The SMILES string of the molecule is O/N=C(\C1=Cc2ccccc2C1)C(F)(F)F. The van der Waals surface area contributed by atoms with Gasteiger partial charge in [-0.15, -0.1) is 0 Å². The molecule has 0 aliphatic heterocycles. The summed E-state index contributed by atoms with van der Waals surface area (Å²) in [6, 6.07) is 7.00. The number of hydrogen-bond donors (Lipinski definition) is 1. The molecule has 0 radical (unpaired) electrons. The van der Waals surface area contributed by atoms with E-state index in [0.717, 1.165) is 11.1 Å². The highest BCUT2D eigenvalue weighted by Gasteiger charge is 2.39. The molecule has 0 unspecified atom stereocenters. The first kappa shape index (κ1) is 10.7. The summed E-state index contributed by atoms with van der Waals surface area (Å²) in [5.74, 6) is 0. The van der Waals surface area contributed by atoms with Crippen LogP contribution in [0.2, 0.25) is 0 Å². The Labute approximate surface area is 89.7 Å². The number of alkyl halides is 3. The Balaban J connectivity index is 2.35. The maximum atomic E-state index is 12.5. The highest BCUT2D eigenvalue weighted by Crippen LogP contribution is 2.31. The van der Waals surface area contributed by atoms with Gasteiger partial charge in [0.15, 0.2) is 5.71 Å². The molecule has 1 aliphatic rings. The highest BCUT2D eigenvalue weighted by molar-refractivity contribution is 6.08. The molecule has 1 aromatic carbocycles. The van der Waals surface area contributed by atoms with Gasteiger partial charge in [0.2, 0.25) is 0 Å². The Hall–Kier alpha value is -1.78. The van der Waals surface area contributed by atoms with E-state index >= 15 is 0 Å². The third-order valence-electron chi connectivity index (χ3n) is 2.44. The molecule has 0 saturated heterocycles. The van der Waals surface area contributed by atoms with E-state index in [1.165, 1.54) is 6.08 Å². The van der Waals surface area contributed by atoms with Crippen LogP contribution in [0.1, 0.15) is 11.1 Å². The lowest BCUT2D eigenvalue weighted by atomic mass is 10.1. The van der Waals surface area contributed by atoms with Crippen molar-refractivity contribution in [1.82, 2.24) is 0 Å². The van der Waals surface area contributed by atoms with Gasteiger partial charge in [0, 0.05) is 6.42 Å². The fourth-order valence-electron chi connectivity index (χ4n) is 1.73. The van der Waals surface area contributed by atoms with E-state index in [1.54, 1.807) is 24.3 Å². The van der Waals surface area contributed by atoms with Gasteiger partial charge in [0.1, 0.15) is 0 Å². The van der Waals surface area contributed by atoms with Crippen LogP contribution in [0.25, 0.3) is 6.08 Å². The average Bonchev–Trinajstić information content (AvgIpc) is 2.59. The summed E-state index contributed by atoms with van der Waals surface area (Å²) in [6.07, 6.45) is -3.07. The minimum absolute atomic E-state index is 0.00352. The fraction of sp³-hybridized carbons (Fsp3) is 0.182. The van der Waals surface area contributed by atoms with Gasteiger partial charge in [-0.1, -0.05) is 29.4 Å². The second kappa shape index (κ2) is 3.66. The van der Waals surface area contributed by atoms with Gasteiger partial charge >= 0.3 is 6.18 Å². The topological polar surface area (TPSA) is 32.6 Å². The molecule has 5 heteroatoms. The predicted molar refractivity (Wildman–Crippen MR) is 53.4 cm³/mol. The van der Waals surface area contributed by atoms with Crippen LogP contribution in [0.3, 0.4) is 0 Å². The maximum Gasteiger partial charge on any atom is 0.436 e. The van der Waals surface area contributed by atoms with Crippen molar-refractivity contribution in [1.29, 1.82) is 0 Å². The van der Waals surface area contributed by atoms with E-state index < -0.39 is 11.9 Å². The van der Waals surface area contributed by atoms with Crippen molar-refractivity contribution in [2.75, 3.05) is 0 Å². The monoisotopic (exact) mass is 227 g/mol. The van der Waals surface area contributed by atoms with Gasteiger partial charge < -0.3 is 5.21 Å². The molecule has 0 bridgehead atoms. The molecule has 0 aromatic heterocycles. The molecule has 16 heavy (non-hydrogen) atoms. The lowest BCUT2D eigenvalue weighted by Gasteiger charge is -2.08. The summed E-state index contributed by atoms with van der Waals surface area (Å²) in [7, 11) is 0. The van der Waals surface area contributed by atoms with Gasteiger partial charge in [0.05, 0.1) is 0 Å². The van der Waals surface area contributed by atoms with Crippen molar-refractivity contribution in [2.45, 2.75) is 12.6 Å². The third kappa shape index (κ3) is 1.80. The molecular formula is C11H8F3NO. The van der Waals surface area contributed by atoms with Crippen LogP contribution in [0, 0.1) is 0 Å². The first-order valence-corrected chi connectivity index (χ1v) is 4.60. The lowest BCUT2D eigenvalue weighted by molar-refractivity contribution is -0.0603. The number of allylic oxidation sites excluding steroid dienone is 1. The molecule has 1 aromatic rings. The van der Waals surface area contributed by atoms with Crippen LogP contribution in [0.5, 0.6) is 0 Å². The Morgan fingerprint density at radius 1 is 1.25 bits per heavy atom. The summed E-state index contributed by atoms with van der Waals surface area (Å²) in [5.41, 5.74) is 0.325. The largest absolute Gasteiger partial charge is 0.436 e. The molecule has 2 rings (SSSR count). The molecule has 84 valence electrons. The van der Waals surface area contributed by atoms with E-state index in [1.807, 2.05) is 0 Å². The molecule has 0 saturated carbocycles. The molecule has 2 nitrogen and oxygen atoms in total. The lowest BCUT2D eigenvalue weighted by Crippen LogP contribution is -2.25. The minimum Gasteiger partial charge on any atom is -0.410 e. The summed E-state index contributed by atoms with van der Waals surface area (Å²) in [5, 5.41) is 10.8. The van der Waals surface area contributed by atoms with E-state index in [2.05, 4.69) is 5.16 Å². The van der Waals surface area contributed by atoms with Gasteiger partial charge in [-0.25, -0.2) is 0 Å². The van der Waals surface area contributed by atoms with Gasteiger partial charge in [-0.3, -0.25) is 0 Å². The van der Waals surface area contributed by atoms with Crippen molar-refractivity contribution >= 4 is 11.8 Å². The zero-order valence-electron chi connectivity index (χ0n) is 8.12. The molecule has 0 fully saturated rings. The molecular weight excluding hydrogens is 219 g/mol. The summed E-state index contributed by atoms with van der Waals surface area (Å²) < 4.78 is 37.4. The minimum atomic E-state index is -4.62. The van der Waals surface area contributed by atoms with Gasteiger partial charge in [-0.2, -0.15) is 13.2 Å². The van der Waals surface area contributed by atoms with Crippen LogP contribution >= 0.6 is 0 Å². The normalized spacial score (nSPS) is 15.9. The molecule has 1 aliphatic carbocycles. The van der Waals surface area contributed by atoms with Crippen molar-refractivity contribution in [3.8, 4) is 0 Å². The van der Waals surface area contributed by atoms with Crippen LogP contribution < -0.4 is 0 Å². The first-order valence-electron chi connectivity index (χ1n) is 4.60. The van der Waals surface area contributed by atoms with Crippen LogP contribution in [0.15, 0.2) is 35.0 Å². The molecule has 1 N–H and O–H groups in total. The third-order valence-corrected chi connectivity index (χ3v) is 2.44. The number of halogens is 3. The average molecular weight is 227 g/mol. The zero-order valence-corrected chi connectivity index (χ0v) is 8.12. The Kier molecular flexibility index (Phi) is 2.46. The first-order chi connectivity index (χ1) is 7.52. The summed E-state index contributed by atoms with van der Waals surface area (Å²) in [6.45, 7) is 0. The molecule has 0 atom stereocenters. The van der Waals surface area contributed by atoms with E-state index in [9.17, 15) is 13.2 Å². The van der Waals surface area contributed by atoms with Crippen molar-refractivity contribution in [3.63, 3.8) is 0 Å². The van der Waals surface area contributed by atoms with E-state index in [4.69, 9.17) is 5.21 Å². The van der Waals surface area contributed by atoms with Gasteiger partial charge in [-0.05, 0) is 22.8 Å². The van der Waals surface area contributed by atoms with Gasteiger partial charge in [0.25, 0.3) is 0 Å². The number of benzene rings is 1. The second-order valence-corrected chi connectivity index (χ2v) is 3.49. The maximum absolute atomic E-state index is 12.5. The predicted octanol–water partition coefficient (Wildman–Crippen LogP) is 3.02. The number of oxime groups is 1. The van der Waals surface area contributed by atoms with E-state index in [0.29, 0.717) is 0 Å². The van der Waals surface area contributed by atoms with Crippen molar-refractivity contribution < 1.29 is 18.4 Å². The number of fused-ring (bicyclic) bond motifs is 1. The zero-order chi connectivity index (χ0) is 11.8. The highest BCUT2D eigenvalue weighted by atomic mass is 19.4. The van der Waals surface area contributed by atoms with Crippen molar-refractivity contribution in [2.24, 2.45) is 5.16 Å². The molecule has 0 spiro atoms. The van der Waals surface area contributed by atoms with E-state index in [-0.39, 0.29) is 12.0 Å². The Bertz CT molecular complexity index is 474. The summed E-state index contributed by atoms with van der Waals surface area (Å²) in [4.78, 5) is 0. The molecule has 0 heterocycles. The Morgan fingerprint density at radius 3 is 2.50 bits per heavy atom. The summed E-state index contributed by atoms with van der Waals surface area (Å²) >= 11 is 0. The Morgan fingerprint density at radius 2 is 1.94 bits per heavy atom. The number of hydrogen-bond acceptors (Lipinski definition) is 2. The fourth-order valence-corrected chi connectivity index (χ4v) is 1.73. The number of rotatable bonds is 1. The van der Waals surface area contributed by atoms with Crippen LogP contribution in [0.4, 0.5) is 13.2 Å². The quantitative estimate of drug-likeness (QED) is 0.446. The van der Waals surface area contributed by atoms with Crippen LogP contribution in [-0.2, 0) is 6.42 Å². The molecule has 0 amide bonds. The van der Waals surface area contributed by atoms with Crippen molar-refractivity contribution in [3.05, 3.63) is 41.0 Å². The second-order valence-electron chi connectivity index (χ2n) is 3.49. The standard InChI is InChI=1S/C11H8F3NO/c12-11(13,14)10(15-16)9-5-7-3-1-2-4-8(7)6-9/h1-5,16H,6H2/b15-10+.